The van der Waals surface area contributed by atoms with E-state index < -0.39 is 0 Å². The molecular formula is C13H19N3O2. The molecule has 0 aliphatic carbocycles. The van der Waals surface area contributed by atoms with Crippen molar-refractivity contribution >= 4 is 11.8 Å². The Labute approximate surface area is 107 Å². The number of piperazine rings is 2. The van der Waals surface area contributed by atoms with Crippen molar-refractivity contribution in [3.05, 3.63) is 24.6 Å². The van der Waals surface area contributed by atoms with Crippen molar-refractivity contribution in [3.63, 3.8) is 0 Å². The summed E-state index contributed by atoms with van der Waals surface area (Å²) < 4.78 is 0. The predicted octanol–water partition coefficient (Wildman–Crippen LogP) is 0.407. The van der Waals surface area contributed by atoms with Gasteiger partial charge in [-0.05, 0) is 13.8 Å². The average molecular weight is 249 g/mol. The Morgan fingerprint density at radius 1 is 1.28 bits per heavy atom. The highest BCUT2D eigenvalue weighted by Gasteiger charge is 2.44. The minimum absolute atomic E-state index is 0.0155. The molecule has 1 unspecified atom stereocenters. The molecule has 0 spiro atoms. The minimum atomic E-state index is -0.371. The van der Waals surface area contributed by atoms with Crippen LogP contribution in [0.3, 0.4) is 0 Å². The van der Waals surface area contributed by atoms with Gasteiger partial charge in [-0.3, -0.25) is 9.59 Å². The molecular weight excluding hydrogens is 230 g/mol. The zero-order valence-corrected chi connectivity index (χ0v) is 11.1. The third kappa shape index (κ3) is 1.70. The first-order valence-corrected chi connectivity index (χ1v) is 6.06. The number of likely N-dealkylation sites (N-methyl/N-ethyl adjacent to an activating group) is 1. The lowest BCUT2D eigenvalue weighted by Crippen LogP contribution is -2.64. The molecule has 5 heteroatoms. The molecule has 0 aromatic heterocycles. The summed E-state index contributed by atoms with van der Waals surface area (Å²) in [4.78, 5) is 29.4. The molecule has 98 valence electrons. The maximum absolute atomic E-state index is 12.2. The van der Waals surface area contributed by atoms with Gasteiger partial charge < -0.3 is 14.7 Å². The fourth-order valence-electron chi connectivity index (χ4n) is 2.54. The van der Waals surface area contributed by atoms with E-state index in [2.05, 4.69) is 13.2 Å². The average Bonchev–Trinajstić information content (AvgIpc) is 2.29. The minimum Gasteiger partial charge on any atom is -0.338 e. The molecule has 2 aliphatic rings. The second-order valence-electron chi connectivity index (χ2n) is 5.14. The lowest BCUT2D eigenvalue weighted by Gasteiger charge is -2.48. The standard InChI is InChI=1S/C13H19N3O2/c1-8(2)15-7-11-13(18)14(5)6-9(3)16(11)10(4)12(15)17/h8,11H,3-4,6-7H2,1-2,5H3. The highest BCUT2D eigenvalue weighted by molar-refractivity contribution is 5.97. The van der Waals surface area contributed by atoms with Crippen LogP contribution in [0.1, 0.15) is 13.8 Å². The number of amides is 2. The summed E-state index contributed by atoms with van der Waals surface area (Å²) >= 11 is 0. The van der Waals surface area contributed by atoms with Crippen molar-refractivity contribution in [3.8, 4) is 0 Å². The highest BCUT2D eigenvalue weighted by atomic mass is 16.2. The molecule has 1 atom stereocenters. The van der Waals surface area contributed by atoms with Crippen LogP contribution in [0.5, 0.6) is 0 Å². The number of hydrogen-bond donors (Lipinski definition) is 0. The van der Waals surface area contributed by atoms with Gasteiger partial charge in [-0.15, -0.1) is 0 Å². The van der Waals surface area contributed by atoms with Crippen molar-refractivity contribution in [2.75, 3.05) is 20.1 Å². The van der Waals surface area contributed by atoms with Crippen LogP contribution in [-0.4, -0.2) is 58.7 Å². The van der Waals surface area contributed by atoms with E-state index in [4.69, 9.17) is 0 Å². The van der Waals surface area contributed by atoms with Gasteiger partial charge in [-0.2, -0.15) is 0 Å². The fraction of sp³-hybridized carbons (Fsp3) is 0.538. The van der Waals surface area contributed by atoms with Crippen molar-refractivity contribution in [2.45, 2.75) is 25.9 Å². The summed E-state index contributed by atoms with van der Waals surface area (Å²) in [6.45, 7) is 12.5. The summed E-state index contributed by atoms with van der Waals surface area (Å²) in [5, 5.41) is 0. The van der Waals surface area contributed by atoms with Gasteiger partial charge in [-0.1, -0.05) is 13.2 Å². The van der Waals surface area contributed by atoms with Gasteiger partial charge in [0.2, 0.25) is 5.91 Å². The molecule has 0 bridgehead atoms. The zero-order valence-electron chi connectivity index (χ0n) is 11.1. The molecule has 2 heterocycles. The van der Waals surface area contributed by atoms with Crippen LogP contribution in [0.15, 0.2) is 24.6 Å². The van der Waals surface area contributed by atoms with Gasteiger partial charge in [0, 0.05) is 18.8 Å². The van der Waals surface area contributed by atoms with E-state index in [9.17, 15) is 9.59 Å². The number of nitrogens with zero attached hydrogens (tertiary/aromatic N) is 3. The smallest absolute Gasteiger partial charge is 0.270 e. The van der Waals surface area contributed by atoms with Crippen LogP contribution in [0.2, 0.25) is 0 Å². The molecule has 2 fully saturated rings. The maximum atomic E-state index is 12.2. The fourth-order valence-corrected chi connectivity index (χ4v) is 2.54. The van der Waals surface area contributed by atoms with E-state index in [0.29, 0.717) is 18.8 Å². The van der Waals surface area contributed by atoms with E-state index >= 15 is 0 Å². The molecule has 2 saturated heterocycles. The molecule has 2 rings (SSSR count). The summed E-state index contributed by atoms with van der Waals surface area (Å²) in [7, 11) is 1.75. The molecule has 18 heavy (non-hydrogen) atoms. The summed E-state index contributed by atoms with van der Waals surface area (Å²) in [5.74, 6) is -0.0959. The van der Waals surface area contributed by atoms with Crippen molar-refractivity contribution in [2.24, 2.45) is 0 Å². The first-order valence-electron chi connectivity index (χ1n) is 6.06. The normalized spacial score (nSPS) is 25.1. The second kappa shape index (κ2) is 4.15. The quantitative estimate of drug-likeness (QED) is 0.632. The monoisotopic (exact) mass is 249 g/mol. The molecule has 5 nitrogen and oxygen atoms in total. The number of carbonyl (C=O) groups is 2. The largest absolute Gasteiger partial charge is 0.338 e. The van der Waals surface area contributed by atoms with Crippen molar-refractivity contribution in [1.82, 2.24) is 14.7 Å². The van der Waals surface area contributed by atoms with Crippen molar-refractivity contribution < 1.29 is 9.59 Å². The second-order valence-corrected chi connectivity index (χ2v) is 5.14. The van der Waals surface area contributed by atoms with E-state index in [1.165, 1.54) is 0 Å². The van der Waals surface area contributed by atoms with Crippen LogP contribution < -0.4 is 0 Å². The van der Waals surface area contributed by atoms with E-state index in [1.807, 2.05) is 13.8 Å². The zero-order chi connectivity index (χ0) is 13.6. The lowest BCUT2D eigenvalue weighted by atomic mass is 10.0. The molecule has 0 aromatic rings. The van der Waals surface area contributed by atoms with Gasteiger partial charge in [0.05, 0.1) is 13.1 Å². The van der Waals surface area contributed by atoms with Gasteiger partial charge in [-0.25, -0.2) is 0 Å². The van der Waals surface area contributed by atoms with Crippen LogP contribution in [-0.2, 0) is 9.59 Å². The van der Waals surface area contributed by atoms with Gasteiger partial charge in [0.15, 0.2) is 0 Å². The van der Waals surface area contributed by atoms with E-state index in [0.717, 1.165) is 5.70 Å². The number of fused-ring (bicyclic) bond motifs is 1. The SMILES string of the molecule is C=C1CN(C)C(=O)C2CN(C(C)C)C(=O)C(=C)N12. The number of hydrogen-bond acceptors (Lipinski definition) is 3. The Bertz CT molecular complexity index is 442. The van der Waals surface area contributed by atoms with Gasteiger partial charge >= 0.3 is 0 Å². The first-order chi connectivity index (χ1) is 8.34. The molecule has 0 radical (unpaired) electrons. The molecule has 0 aromatic carbocycles. The van der Waals surface area contributed by atoms with Crippen molar-refractivity contribution in [1.29, 1.82) is 0 Å². The van der Waals surface area contributed by atoms with E-state index in [-0.39, 0.29) is 23.9 Å². The van der Waals surface area contributed by atoms with E-state index in [1.54, 1.807) is 21.7 Å². The topological polar surface area (TPSA) is 43.9 Å². The lowest BCUT2D eigenvalue weighted by molar-refractivity contribution is -0.145. The van der Waals surface area contributed by atoms with Crippen LogP contribution in [0, 0.1) is 0 Å². The summed E-state index contributed by atoms with van der Waals surface area (Å²) in [6.07, 6.45) is 0. The Hall–Kier alpha value is -1.78. The number of carbonyl (C=O) groups excluding carboxylic acids is 2. The predicted molar refractivity (Wildman–Crippen MR) is 68.4 cm³/mol. The Morgan fingerprint density at radius 3 is 2.44 bits per heavy atom. The molecule has 2 aliphatic heterocycles. The maximum Gasteiger partial charge on any atom is 0.270 e. The Morgan fingerprint density at radius 2 is 1.89 bits per heavy atom. The summed E-state index contributed by atoms with van der Waals surface area (Å²) in [5.41, 5.74) is 1.11. The molecule has 0 saturated carbocycles. The first kappa shape index (κ1) is 12.7. The van der Waals surface area contributed by atoms with Gasteiger partial charge in [0.25, 0.3) is 5.91 Å². The van der Waals surface area contributed by atoms with Crippen LogP contribution in [0.4, 0.5) is 0 Å². The molecule has 0 N–H and O–H groups in total. The Balaban J connectivity index is 2.36. The van der Waals surface area contributed by atoms with Crippen LogP contribution >= 0.6 is 0 Å². The number of rotatable bonds is 1. The third-order valence-electron chi connectivity index (χ3n) is 3.52. The highest BCUT2D eigenvalue weighted by Crippen LogP contribution is 2.29. The van der Waals surface area contributed by atoms with Crippen LogP contribution in [0.25, 0.3) is 0 Å². The van der Waals surface area contributed by atoms with Gasteiger partial charge in [0.1, 0.15) is 11.7 Å². The summed E-state index contributed by atoms with van der Waals surface area (Å²) in [6, 6.07) is -0.312. The third-order valence-corrected chi connectivity index (χ3v) is 3.52. The molecule has 2 amide bonds. The Kier molecular flexibility index (Phi) is 2.92.